The van der Waals surface area contributed by atoms with E-state index in [1.54, 1.807) is 54.6 Å². The lowest BCUT2D eigenvalue weighted by atomic mass is 10.1. The summed E-state index contributed by atoms with van der Waals surface area (Å²) in [6.45, 7) is 1.90. The van der Waals surface area contributed by atoms with Gasteiger partial charge in [0.1, 0.15) is 5.69 Å². The van der Waals surface area contributed by atoms with Gasteiger partial charge in [0.25, 0.3) is 15.6 Å². The molecule has 0 aliphatic rings. The molecule has 0 bridgehead atoms. The summed E-state index contributed by atoms with van der Waals surface area (Å²) in [6.07, 6.45) is 1.48. The second kappa shape index (κ2) is 6.67. The number of aromatic amines is 1. The largest absolute Gasteiger partial charge is 0.319 e. The quantitative estimate of drug-likeness (QED) is 0.481. The molecule has 0 unspecified atom stereocenters. The van der Waals surface area contributed by atoms with Gasteiger partial charge in [-0.3, -0.25) is 4.79 Å². The molecule has 0 fully saturated rings. The van der Waals surface area contributed by atoms with Gasteiger partial charge >= 0.3 is 0 Å². The zero-order valence-electron chi connectivity index (χ0n) is 16.0. The van der Waals surface area contributed by atoms with Crippen molar-refractivity contribution < 1.29 is 8.42 Å². The van der Waals surface area contributed by atoms with Crippen LogP contribution in [-0.2, 0) is 10.0 Å². The molecule has 2 heterocycles. The Hall–Kier alpha value is -3.71. The van der Waals surface area contributed by atoms with E-state index < -0.39 is 10.0 Å². The van der Waals surface area contributed by atoms with Crippen LogP contribution >= 0.6 is 0 Å². The number of benzene rings is 3. The number of para-hydroxylation sites is 3. The third-order valence-electron chi connectivity index (χ3n) is 5.11. The van der Waals surface area contributed by atoms with E-state index in [0.29, 0.717) is 27.5 Å². The van der Waals surface area contributed by atoms with E-state index >= 15 is 0 Å². The van der Waals surface area contributed by atoms with Crippen molar-refractivity contribution in [2.24, 2.45) is 0 Å². The average Bonchev–Trinajstić information content (AvgIpc) is 3.14. The fourth-order valence-corrected chi connectivity index (χ4v) is 4.94. The number of nitrogens with zero attached hydrogens (tertiary/aromatic N) is 2. The molecule has 5 rings (SSSR count). The summed E-state index contributed by atoms with van der Waals surface area (Å²) in [5.74, 6) is 0. The molecule has 5 aromatic rings. The van der Waals surface area contributed by atoms with Crippen molar-refractivity contribution in [2.75, 3.05) is 0 Å². The number of H-pyrrole nitrogens is 1. The molecule has 0 spiro atoms. The van der Waals surface area contributed by atoms with Crippen molar-refractivity contribution in [1.29, 1.82) is 0 Å². The van der Waals surface area contributed by atoms with Crippen LogP contribution in [-0.4, -0.2) is 22.4 Å². The first-order valence-electron chi connectivity index (χ1n) is 9.37. The maximum absolute atomic E-state index is 13.4. The zero-order valence-corrected chi connectivity index (χ0v) is 16.8. The van der Waals surface area contributed by atoms with Gasteiger partial charge in [-0.15, -0.1) is 0 Å². The minimum Gasteiger partial charge on any atom is -0.319 e. The topological polar surface area (TPSA) is 84.8 Å². The lowest BCUT2D eigenvalue weighted by Crippen LogP contribution is -2.13. The first kappa shape index (κ1) is 18.3. The van der Waals surface area contributed by atoms with Crippen molar-refractivity contribution in [1.82, 2.24) is 13.9 Å². The Bertz CT molecular complexity index is 1580. The van der Waals surface area contributed by atoms with Crippen LogP contribution in [0.25, 0.3) is 33.2 Å². The van der Waals surface area contributed by atoms with E-state index in [9.17, 15) is 13.2 Å². The Balaban J connectivity index is 1.80. The maximum Gasteiger partial charge on any atom is 0.275 e. The van der Waals surface area contributed by atoms with E-state index in [1.807, 2.05) is 25.1 Å². The Morgan fingerprint density at radius 2 is 1.60 bits per heavy atom. The van der Waals surface area contributed by atoms with Gasteiger partial charge in [-0.05, 0) is 37.3 Å². The molecule has 1 N–H and O–H groups in total. The molecular formula is C23H17N3O3S. The minimum atomic E-state index is -3.85. The molecular weight excluding hydrogens is 398 g/mol. The summed E-state index contributed by atoms with van der Waals surface area (Å²) >= 11 is 0. The first-order valence-corrected chi connectivity index (χ1v) is 10.8. The third kappa shape index (κ3) is 2.83. The predicted molar refractivity (Wildman–Crippen MR) is 117 cm³/mol. The lowest BCUT2D eigenvalue weighted by molar-refractivity contribution is 0.589. The second-order valence-electron chi connectivity index (χ2n) is 7.11. The predicted octanol–water partition coefficient (Wildman–Crippen LogP) is 4.09. The smallest absolute Gasteiger partial charge is 0.275 e. The Kier molecular flexibility index (Phi) is 4.08. The SMILES string of the molecule is Cc1ccc(S(=O)(=O)n2cc(-c3nc4ccccc4[nH]c3=O)c3ccccc32)cc1. The number of rotatable bonds is 3. The van der Waals surface area contributed by atoms with E-state index in [1.165, 1.54) is 10.2 Å². The summed E-state index contributed by atoms with van der Waals surface area (Å²) in [5, 5.41) is 0.640. The van der Waals surface area contributed by atoms with E-state index in [4.69, 9.17) is 0 Å². The minimum absolute atomic E-state index is 0.181. The van der Waals surface area contributed by atoms with Crippen molar-refractivity contribution in [3.63, 3.8) is 0 Å². The van der Waals surface area contributed by atoms with Crippen molar-refractivity contribution in [3.05, 3.63) is 94.9 Å². The molecule has 0 aliphatic carbocycles. The van der Waals surface area contributed by atoms with E-state index in [0.717, 1.165) is 5.56 Å². The zero-order chi connectivity index (χ0) is 20.9. The molecule has 30 heavy (non-hydrogen) atoms. The van der Waals surface area contributed by atoms with Gasteiger partial charge in [-0.2, -0.15) is 0 Å². The van der Waals surface area contributed by atoms with Crippen LogP contribution in [0.15, 0.2) is 88.7 Å². The highest BCUT2D eigenvalue weighted by atomic mass is 32.2. The van der Waals surface area contributed by atoms with Gasteiger partial charge in [-0.1, -0.05) is 48.0 Å². The fourth-order valence-electron chi connectivity index (χ4n) is 3.57. The van der Waals surface area contributed by atoms with Gasteiger partial charge in [-0.25, -0.2) is 17.4 Å². The van der Waals surface area contributed by atoms with E-state index in [-0.39, 0.29) is 16.1 Å². The molecule has 0 aliphatic heterocycles. The number of nitrogens with one attached hydrogen (secondary N) is 1. The molecule has 0 saturated heterocycles. The molecule has 2 aromatic heterocycles. The number of fused-ring (bicyclic) bond motifs is 2. The van der Waals surface area contributed by atoms with Crippen LogP contribution in [0, 0.1) is 6.92 Å². The van der Waals surface area contributed by atoms with Gasteiger partial charge in [0.2, 0.25) is 0 Å². The fraction of sp³-hybridized carbons (Fsp3) is 0.0435. The standard InChI is InChI=1S/C23H17N3O3S/c1-15-10-12-16(13-11-15)30(28,29)26-14-18(17-6-2-5-9-21(17)26)22-23(27)25-20-8-4-3-7-19(20)24-22/h2-14H,1H3,(H,25,27). The van der Waals surface area contributed by atoms with Gasteiger partial charge in [0.15, 0.2) is 0 Å². The normalized spacial score (nSPS) is 11.9. The molecule has 0 atom stereocenters. The number of hydrogen-bond acceptors (Lipinski definition) is 4. The average molecular weight is 415 g/mol. The van der Waals surface area contributed by atoms with Crippen LogP contribution in [0.5, 0.6) is 0 Å². The summed E-state index contributed by atoms with van der Waals surface area (Å²) in [7, 11) is -3.85. The van der Waals surface area contributed by atoms with E-state index in [2.05, 4.69) is 9.97 Å². The van der Waals surface area contributed by atoms with Crippen LogP contribution in [0.1, 0.15) is 5.56 Å². The lowest BCUT2D eigenvalue weighted by Gasteiger charge is -2.07. The van der Waals surface area contributed by atoms with Crippen LogP contribution < -0.4 is 5.56 Å². The van der Waals surface area contributed by atoms with Crippen molar-refractivity contribution in [2.45, 2.75) is 11.8 Å². The maximum atomic E-state index is 13.4. The highest BCUT2D eigenvalue weighted by molar-refractivity contribution is 7.90. The first-order chi connectivity index (χ1) is 14.4. The van der Waals surface area contributed by atoms with Gasteiger partial charge in [0.05, 0.1) is 21.4 Å². The number of hydrogen-bond donors (Lipinski definition) is 1. The van der Waals surface area contributed by atoms with Crippen molar-refractivity contribution in [3.8, 4) is 11.3 Å². The molecule has 7 heteroatoms. The Morgan fingerprint density at radius 3 is 2.40 bits per heavy atom. The summed E-state index contributed by atoms with van der Waals surface area (Å²) in [5.41, 5.74) is 2.99. The number of aryl methyl sites for hydroxylation is 1. The highest BCUT2D eigenvalue weighted by Crippen LogP contribution is 2.31. The molecule has 0 radical (unpaired) electrons. The monoisotopic (exact) mass is 415 g/mol. The molecule has 0 saturated carbocycles. The summed E-state index contributed by atoms with van der Waals surface area (Å²) < 4.78 is 27.9. The van der Waals surface area contributed by atoms with Crippen LogP contribution in [0.4, 0.5) is 0 Å². The van der Waals surface area contributed by atoms with Gasteiger partial charge < -0.3 is 4.98 Å². The second-order valence-corrected chi connectivity index (χ2v) is 8.92. The van der Waals surface area contributed by atoms with Crippen LogP contribution in [0.3, 0.4) is 0 Å². The number of aromatic nitrogens is 3. The highest BCUT2D eigenvalue weighted by Gasteiger charge is 2.23. The molecule has 0 amide bonds. The molecule has 148 valence electrons. The summed E-state index contributed by atoms with van der Waals surface area (Å²) in [6, 6.07) is 21.0. The Morgan fingerprint density at radius 1 is 0.900 bits per heavy atom. The van der Waals surface area contributed by atoms with Gasteiger partial charge in [0, 0.05) is 17.1 Å². The third-order valence-corrected chi connectivity index (χ3v) is 6.80. The molecule has 6 nitrogen and oxygen atoms in total. The van der Waals surface area contributed by atoms with Crippen LogP contribution in [0.2, 0.25) is 0 Å². The summed E-state index contributed by atoms with van der Waals surface area (Å²) in [4.78, 5) is 20.3. The molecule has 3 aromatic carbocycles. The Labute approximate surface area is 172 Å². The van der Waals surface area contributed by atoms with Crippen molar-refractivity contribution >= 4 is 32.0 Å².